The minimum absolute atomic E-state index is 0.149. The molecule has 2 heterocycles. The van der Waals surface area contributed by atoms with Gasteiger partial charge in [-0.1, -0.05) is 5.16 Å². The summed E-state index contributed by atoms with van der Waals surface area (Å²) in [5.41, 5.74) is 0.785. The van der Waals surface area contributed by atoms with E-state index in [1.54, 1.807) is 37.3 Å². The van der Waals surface area contributed by atoms with E-state index >= 15 is 0 Å². The van der Waals surface area contributed by atoms with Crippen LogP contribution in [0, 0.1) is 0 Å². The van der Waals surface area contributed by atoms with Gasteiger partial charge in [0.15, 0.2) is 5.82 Å². The monoisotopic (exact) mass is 327 g/mol. The van der Waals surface area contributed by atoms with Crippen LogP contribution < -0.4 is 10.1 Å². The number of aromatic nitrogens is 4. The minimum atomic E-state index is -0.361. The zero-order chi connectivity index (χ0) is 16.9. The summed E-state index contributed by atoms with van der Waals surface area (Å²) in [6.07, 6.45) is 4.96. The van der Waals surface area contributed by atoms with Crippen LogP contribution in [0.2, 0.25) is 0 Å². The second-order valence-corrected chi connectivity index (χ2v) is 5.15. The first-order chi connectivity index (χ1) is 11.7. The number of nitrogens with zero attached hydrogens (tertiary/aromatic N) is 4. The summed E-state index contributed by atoms with van der Waals surface area (Å²) in [5, 5.41) is 6.66. The topological polar surface area (TPSA) is 95.1 Å². The van der Waals surface area contributed by atoms with E-state index in [0.29, 0.717) is 11.7 Å². The Balaban J connectivity index is 1.60. The van der Waals surface area contributed by atoms with E-state index < -0.39 is 0 Å². The molecular formula is C16H17N5O3. The van der Waals surface area contributed by atoms with Crippen molar-refractivity contribution in [3.05, 3.63) is 48.8 Å². The molecule has 0 bridgehead atoms. The van der Waals surface area contributed by atoms with Gasteiger partial charge in [-0.05, 0) is 31.2 Å². The van der Waals surface area contributed by atoms with Crippen LogP contribution in [0.5, 0.6) is 5.75 Å². The highest BCUT2D eigenvalue weighted by Crippen LogP contribution is 2.20. The Hall–Kier alpha value is -3.16. The van der Waals surface area contributed by atoms with Crippen LogP contribution in [-0.4, -0.2) is 32.7 Å². The Bertz CT molecular complexity index is 795. The Labute approximate surface area is 138 Å². The number of amides is 1. The van der Waals surface area contributed by atoms with Crippen molar-refractivity contribution >= 4 is 5.91 Å². The Morgan fingerprint density at radius 1 is 1.38 bits per heavy atom. The lowest BCUT2D eigenvalue weighted by molar-refractivity contribution is -0.124. The number of methoxy groups -OCH3 is 1. The van der Waals surface area contributed by atoms with Crippen LogP contribution >= 0.6 is 0 Å². The van der Waals surface area contributed by atoms with Gasteiger partial charge >= 0.3 is 0 Å². The molecule has 0 aliphatic rings. The number of hydrogen-bond donors (Lipinski definition) is 1. The highest BCUT2D eigenvalue weighted by atomic mass is 16.5. The number of rotatable bonds is 6. The largest absolute Gasteiger partial charge is 0.497 e. The molecule has 3 rings (SSSR count). The molecule has 0 saturated carbocycles. The number of ether oxygens (including phenoxy) is 1. The zero-order valence-electron chi connectivity index (χ0n) is 13.3. The summed E-state index contributed by atoms with van der Waals surface area (Å²) in [6.45, 7) is 1.98. The molecule has 0 aliphatic carbocycles. The molecule has 8 nitrogen and oxygen atoms in total. The molecule has 0 saturated heterocycles. The molecular weight excluding hydrogens is 310 g/mol. The first kappa shape index (κ1) is 15.7. The van der Waals surface area contributed by atoms with Crippen LogP contribution in [-0.2, 0) is 11.3 Å². The summed E-state index contributed by atoms with van der Waals surface area (Å²) in [7, 11) is 1.60. The van der Waals surface area contributed by atoms with E-state index in [2.05, 4.69) is 20.4 Å². The highest BCUT2D eigenvalue weighted by Gasteiger charge is 2.15. The molecule has 0 spiro atoms. The maximum atomic E-state index is 12.1. The second-order valence-electron chi connectivity index (χ2n) is 5.15. The summed E-state index contributed by atoms with van der Waals surface area (Å²) in [5.74, 6) is 1.40. The third-order valence-corrected chi connectivity index (χ3v) is 3.58. The number of carbonyl (C=O) groups excluding carboxylic acids is 1. The third-order valence-electron chi connectivity index (χ3n) is 3.58. The molecule has 1 aromatic carbocycles. The van der Waals surface area contributed by atoms with Crippen molar-refractivity contribution in [2.24, 2.45) is 0 Å². The molecule has 124 valence electrons. The SMILES string of the molecule is COc1ccc(-c2nc(CNC(=O)C(C)n3ccnc3)no2)cc1. The Morgan fingerprint density at radius 3 is 2.83 bits per heavy atom. The fourth-order valence-electron chi connectivity index (χ4n) is 2.12. The van der Waals surface area contributed by atoms with Crippen LogP contribution in [0.1, 0.15) is 18.8 Å². The molecule has 2 aromatic heterocycles. The van der Waals surface area contributed by atoms with Crippen molar-refractivity contribution in [2.45, 2.75) is 19.5 Å². The lowest BCUT2D eigenvalue weighted by Crippen LogP contribution is -2.30. The standard InChI is InChI=1S/C16H17N5O3/c1-11(21-8-7-17-10-21)15(22)18-9-14-19-16(24-20-14)12-3-5-13(23-2)6-4-12/h3-8,10-11H,9H2,1-2H3,(H,18,22). The first-order valence-corrected chi connectivity index (χ1v) is 7.39. The highest BCUT2D eigenvalue weighted by molar-refractivity contribution is 5.79. The third kappa shape index (κ3) is 3.43. The number of imidazole rings is 1. The molecule has 1 N–H and O–H groups in total. The van der Waals surface area contributed by atoms with Gasteiger partial charge in [-0.25, -0.2) is 4.98 Å². The summed E-state index contributed by atoms with van der Waals surface area (Å²) < 4.78 is 12.0. The van der Waals surface area contributed by atoms with Crippen LogP contribution in [0.4, 0.5) is 0 Å². The number of hydrogen-bond acceptors (Lipinski definition) is 6. The van der Waals surface area contributed by atoms with E-state index in [1.165, 1.54) is 0 Å². The van der Waals surface area contributed by atoms with Crippen molar-refractivity contribution in [3.63, 3.8) is 0 Å². The molecule has 1 amide bonds. The van der Waals surface area contributed by atoms with E-state index in [-0.39, 0.29) is 18.5 Å². The first-order valence-electron chi connectivity index (χ1n) is 7.39. The molecule has 24 heavy (non-hydrogen) atoms. The Morgan fingerprint density at radius 2 is 2.17 bits per heavy atom. The predicted molar refractivity (Wildman–Crippen MR) is 85.1 cm³/mol. The van der Waals surface area contributed by atoms with Crippen LogP contribution in [0.3, 0.4) is 0 Å². The van der Waals surface area contributed by atoms with Crippen LogP contribution in [0.15, 0.2) is 47.5 Å². The van der Waals surface area contributed by atoms with Gasteiger partial charge in [0.1, 0.15) is 11.8 Å². The quantitative estimate of drug-likeness (QED) is 0.742. The maximum absolute atomic E-state index is 12.1. The van der Waals surface area contributed by atoms with Gasteiger partial charge in [0.05, 0.1) is 20.0 Å². The molecule has 0 radical (unpaired) electrons. The molecule has 3 aromatic rings. The van der Waals surface area contributed by atoms with Gasteiger partial charge in [0.2, 0.25) is 5.91 Å². The van der Waals surface area contributed by atoms with E-state index in [4.69, 9.17) is 9.26 Å². The van der Waals surface area contributed by atoms with E-state index in [0.717, 1.165) is 11.3 Å². The lowest BCUT2D eigenvalue weighted by Gasteiger charge is -2.11. The van der Waals surface area contributed by atoms with Crippen LogP contribution in [0.25, 0.3) is 11.5 Å². The second kappa shape index (κ2) is 6.95. The van der Waals surface area contributed by atoms with E-state index in [9.17, 15) is 4.79 Å². The summed E-state index contributed by atoms with van der Waals surface area (Å²) >= 11 is 0. The van der Waals surface area contributed by atoms with Crippen molar-refractivity contribution < 1.29 is 14.1 Å². The Kier molecular flexibility index (Phi) is 4.55. The van der Waals surface area contributed by atoms with Gasteiger partial charge in [-0.3, -0.25) is 4.79 Å². The van der Waals surface area contributed by atoms with Crippen molar-refractivity contribution in [1.82, 2.24) is 25.0 Å². The van der Waals surface area contributed by atoms with Crippen molar-refractivity contribution in [2.75, 3.05) is 7.11 Å². The molecule has 1 atom stereocenters. The smallest absolute Gasteiger partial charge is 0.257 e. The number of benzene rings is 1. The van der Waals surface area contributed by atoms with Gasteiger partial charge < -0.3 is 19.1 Å². The average Bonchev–Trinajstić information content (AvgIpc) is 3.31. The van der Waals surface area contributed by atoms with Gasteiger partial charge in [-0.2, -0.15) is 4.98 Å². The van der Waals surface area contributed by atoms with Crippen molar-refractivity contribution in [1.29, 1.82) is 0 Å². The molecule has 0 aliphatic heterocycles. The normalized spacial score (nSPS) is 11.9. The van der Waals surface area contributed by atoms with Crippen molar-refractivity contribution in [3.8, 4) is 17.2 Å². The number of nitrogens with one attached hydrogen (secondary N) is 1. The fraction of sp³-hybridized carbons (Fsp3) is 0.250. The summed E-state index contributed by atoms with van der Waals surface area (Å²) in [6, 6.07) is 6.92. The lowest BCUT2D eigenvalue weighted by atomic mass is 10.2. The maximum Gasteiger partial charge on any atom is 0.257 e. The fourth-order valence-corrected chi connectivity index (χ4v) is 2.12. The van der Waals surface area contributed by atoms with Gasteiger partial charge in [0.25, 0.3) is 5.89 Å². The number of carbonyl (C=O) groups is 1. The zero-order valence-corrected chi connectivity index (χ0v) is 13.3. The molecule has 1 unspecified atom stereocenters. The molecule has 0 fully saturated rings. The van der Waals surface area contributed by atoms with E-state index in [1.807, 2.05) is 24.3 Å². The minimum Gasteiger partial charge on any atom is -0.497 e. The summed E-state index contributed by atoms with van der Waals surface area (Å²) in [4.78, 5) is 20.3. The molecule has 8 heteroatoms. The van der Waals surface area contributed by atoms with Gasteiger partial charge in [-0.15, -0.1) is 0 Å². The van der Waals surface area contributed by atoms with Gasteiger partial charge in [0, 0.05) is 18.0 Å². The predicted octanol–water partition coefficient (Wildman–Crippen LogP) is 1.82. The average molecular weight is 327 g/mol.